The lowest BCUT2D eigenvalue weighted by Crippen LogP contribution is -2.10. The Balaban J connectivity index is 1.74. The minimum absolute atomic E-state index is 0.225. The maximum absolute atomic E-state index is 13.3. The molecule has 0 amide bonds. The molecule has 0 fully saturated rings. The average molecular weight is 305 g/mol. The van der Waals surface area contributed by atoms with Gasteiger partial charge < -0.3 is 15.2 Å². The number of ether oxygens (including phenoxy) is 2. The topological polar surface area (TPSA) is 44.5 Å². The molecule has 2 aromatic carbocycles. The first kappa shape index (κ1) is 15.4. The van der Waals surface area contributed by atoms with Crippen LogP contribution in [0.2, 0.25) is 0 Å². The van der Waals surface area contributed by atoms with Gasteiger partial charge >= 0.3 is 0 Å². The SMILES string of the molecule is NC(=S)c1cccc(OCCOCc2ccccc2F)c1. The summed E-state index contributed by atoms with van der Waals surface area (Å²) in [6, 6.07) is 13.8. The summed E-state index contributed by atoms with van der Waals surface area (Å²) in [5, 5.41) is 0. The molecule has 3 nitrogen and oxygen atoms in total. The fourth-order valence-electron chi connectivity index (χ4n) is 1.76. The second-order valence-corrected chi connectivity index (χ2v) is 4.82. The predicted octanol–water partition coefficient (Wildman–Crippen LogP) is 3.06. The van der Waals surface area contributed by atoms with Crippen molar-refractivity contribution in [3.8, 4) is 5.75 Å². The first-order valence-electron chi connectivity index (χ1n) is 6.50. The van der Waals surface area contributed by atoms with E-state index in [-0.39, 0.29) is 12.4 Å². The van der Waals surface area contributed by atoms with Crippen molar-refractivity contribution in [2.24, 2.45) is 5.73 Å². The summed E-state index contributed by atoms with van der Waals surface area (Å²) in [6.45, 7) is 0.962. The molecule has 0 heterocycles. The maximum Gasteiger partial charge on any atom is 0.128 e. The van der Waals surface area contributed by atoms with E-state index in [4.69, 9.17) is 27.4 Å². The van der Waals surface area contributed by atoms with Crippen LogP contribution in [0.15, 0.2) is 48.5 Å². The minimum Gasteiger partial charge on any atom is -0.491 e. The number of hydrogen-bond acceptors (Lipinski definition) is 3. The third-order valence-corrected chi connectivity index (χ3v) is 3.07. The molecule has 0 bridgehead atoms. The van der Waals surface area contributed by atoms with Gasteiger partial charge in [0, 0.05) is 11.1 Å². The summed E-state index contributed by atoms with van der Waals surface area (Å²) in [4.78, 5) is 0.330. The lowest BCUT2D eigenvalue weighted by molar-refractivity contribution is 0.0872. The van der Waals surface area contributed by atoms with Crippen LogP contribution in [-0.4, -0.2) is 18.2 Å². The van der Waals surface area contributed by atoms with E-state index in [2.05, 4.69) is 0 Å². The molecule has 2 N–H and O–H groups in total. The van der Waals surface area contributed by atoms with E-state index in [1.54, 1.807) is 24.3 Å². The van der Waals surface area contributed by atoms with E-state index in [9.17, 15) is 4.39 Å². The second kappa shape index (κ2) is 7.71. The molecule has 2 rings (SSSR count). The molecule has 0 aromatic heterocycles. The summed E-state index contributed by atoms with van der Waals surface area (Å²) in [7, 11) is 0. The number of halogens is 1. The molecular formula is C16H16FNO2S. The molecule has 110 valence electrons. The molecule has 21 heavy (non-hydrogen) atoms. The third-order valence-electron chi connectivity index (χ3n) is 2.83. The van der Waals surface area contributed by atoms with Crippen LogP contribution >= 0.6 is 12.2 Å². The van der Waals surface area contributed by atoms with Crippen LogP contribution < -0.4 is 10.5 Å². The van der Waals surface area contributed by atoms with Crippen molar-refractivity contribution in [2.75, 3.05) is 13.2 Å². The quantitative estimate of drug-likeness (QED) is 0.631. The van der Waals surface area contributed by atoms with Gasteiger partial charge in [0.05, 0.1) is 13.2 Å². The number of nitrogens with two attached hydrogens (primary N) is 1. The van der Waals surface area contributed by atoms with Crippen LogP contribution in [0.5, 0.6) is 5.75 Å². The van der Waals surface area contributed by atoms with E-state index in [0.29, 0.717) is 29.5 Å². The maximum atomic E-state index is 13.3. The Morgan fingerprint density at radius 2 is 1.90 bits per heavy atom. The zero-order chi connectivity index (χ0) is 15.1. The van der Waals surface area contributed by atoms with Crippen molar-refractivity contribution in [3.05, 3.63) is 65.5 Å². The number of thiocarbonyl (C=S) groups is 1. The molecule has 0 radical (unpaired) electrons. The number of hydrogen-bond donors (Lipinski definition) is 1. The summed E-state index contributed by atoms with van der Waals surface area (Å²) in [5.74, 6) is 0.414. The number of benzene rings is 2. The fourth-order valence-corrected chi connectivity index (χ4v) is 1.88. The Morgan fingerprint density at radius 3 is 2.67 bits per heavy atom. The predicted molar refractivity (Wildman–Crippen MR) is 83.9 cm³/mol. The van der Waals surface area contributed by atoms with Gasteiger partial charge in [0.15, 0.2) is 0 Å². The number of rotatable bonds is 7. The van der Waals surface area contributed by atoms with Gasteiger partial charge in [0.25, 0.3) is 0 Å². The van der Waals surface area contributed by atoms with Gasteiger partial charge in [-0.05, 0) is 18.2 Å². The van der Waals surface area contributed by atoms with Crippen molar-refractivity contribution in [2.45, 2.75) is 6.61 Å². The molecule has 0 aliphatic rings. The molecule has 0 unspecified atom stereocenters. The van der Waals surface area contributed by atoms with Gasteiger partial charge in [-0.15, -0.1) is 0 Å². The van der Waals surface area contributed by atoms with E-state index in [1.807, 2.05) is 18.2 Å². The van der Waals surface area contributed by atoms with Crippen LogP contribution in [0.25, 0.3) is 0 Å². The Kier molecular flexibility index (Phi) is 5.66. The normalized spacial score (nSPS) is 10.3. The average Bonchev–Trinajstić information content (AvgIpc) is 2.49. The van der Waals surface area contributed by atoms with Gasteiger partial charge in [-0.1, -0.05) is 42.5 Å². The molecule has 0 atom stereocenters. The molecule has 0 aliphatic heterocycles. The highest BCUT2D eigenvalue weighted by Gasteiger charge is 2.01. The Bertz CT molecular complexity index is 619. The fraction of sp³-hybridized carbons (Fsp3) is 0.188. The van der Waals surface area contributed by atoms with Crippen molar-refractivity contribution in [1.82, 2.24) is 0 Å². The molecular weight excluding hydrogens is 289 g/mol. The van der Waals surface area contributed by atoms with Crippen molar-refractivity contribution in [3.63, 3.8) is 0 Å². The van der Waals surface area contributed by atoms with Crippen LogP contribution in [-0.2, 0) is 11.3 Å². The van der Waals surface area contributed by atoms with Crippen molar-refractivity contribution in [1.29, 1.82) is 0 Å². The van der Waals surface area contributed by atoms with E-state index in [0.717, 1.165) is 5.56 Å². The molecule has 0 saturated heterocycles. The third kappa shape index (κ3) is 4.81. The summed E-state index contributed by atoms with van der Waals surface area (Å²) >= 11 is 4.90. The Morgan fingerprint density at radius 1 is 1.10 bits per heavy atom. The van der Waals surface area contributed by atoms with E-state index >= 15 is 0 Å². The first-order chi connectivity index (χ1) is 10.2. The largest absolute Gasteiger partial charge is 0.491 e. The first-order valence-corrected chi connectivity index (χ1v) is 6.91. The Labute approximate surface area is 128 Å². The minimum atomic E-state index is -0.262. The highest BCUT2D eigenvalue weighted by Crippen LogP contribution is 2.13. The van der Waals surface area contributed by atoms with Crippen LogP contribution in [0.4, 0.5) is 4.39 Å². The van der Waals surface area contributed by atoms with Gasteiger partial charge in [-0.3, -0.25) is 0 Å². The van der Waals surface area contributed by atoms with Gasteiger partial charge in [0.1, 0.15) is 23.2 Å². The summed E-state index contributed by atoms with van der Waals surface area (Å²) < 4.78 is 24.3. The van der Waals surface area contributed by atoms with Gasteiger partial charge in [0.2, 0.25) is 0 Å². The zero-order valence-corrected chi connectivity index (χ0v) is 12.2. The second-order valence-electron chi connectivity index (χ2n) is 4.38. The Hall–Kier alpha value is -1.98. The van der Waals surface area contributed by atoms with Crippen LogP contribution in [0, 0.1) is 5.82 Å². The lowest BCUT2D eigenvalue weighted by atomic mass is 10.2. The van der Waals surface area contributed by atoms with Crippen molar-refractivity contribution >= 4 is 17.2 Å². The summed E-state index contributed by atoms with van der Waals surface area (Å²) in [5.41, 5.74) is 6.85. The van der Waals surface area contributed by atoms with E-state index in [1.165, 1.54) is 6.07 Å². The highest BCUT2D eigenvalue weighted by atomic mass is 32.1. The molecule has 5 heteroatoms. The van der Waals surface area contributed by atoms with Crippen molar-refractivity contribution < 1.29 is 13.9 Å². The monoisotopic (exact) mass is 305 g/mol. The summed E-state index contributed by atoms with van der Waals surface area (Å²) in [6.07, 6.45) is 0. The van der Waals surface area contributed by atoms with Gasteiger partial charge in [-0.2, -0.15) is 0 Å². The molecule has 0 spiro atoms. The molecule has 0 saturated carbocycles. The van der Waals surface area contributed by atoms with Gasteiger partial charge in [-0.25, -0.2) is 4.39 Å². The van der Waals surface area contributed by atoms with E-state index < -0.39 is 0 Å². The zero-order valence-electron chi connectivity index (χ0n) is 11.4. The van der Waals surface area contributed by atoms with Crippen LogP contribution in [0.1, 0.15) is 11.1 Å². The lowest BCUT2D eigenvalue weighted by Gasteiger charge is -2.08. The standard InChI is InChI=1S/C16H16FNO2S/c17-15-7-2-1-4-13(15)11-19-8-9-20-14-6-3-5-12(10-14)16(18)21/h1-7,10H,8-9,11H2,(H2,18,21). The smallest absolute Gasteiger partial charge is 0.128 e. The highest BCUT2D eigenvalue weighted by molar-refractivity contribution is 7.80. The molecule has 0 aliphatic carbocycles. The van der Waals surface area contributed by atoms with Crippen LogP contribution in [0.3, 0.4) is 0 Å². The molecule has 2 aromatic rings.